The van der Waals surface area contributed by atoms with Gasteiger partial charge in [-0.3, -0.25) is 5.10 Å². The van der Waals surface area contributed by atoms with E-state index in [2.05, 4.69) is 20.2 Å². The summed E-state index contributed by atoms with van der Waals surface area (Å²) < 4.78 is 26.0. The zero-order valence-electron chi connectivity index (χ0n) is 7.74. The van der Waals surface area contributed by atoms with Crippen LogP contribution in [0.5, 0.6) is 0 Å². The first-order valence-corrected chi connectivity index (χ1v) is 5.81. The van der Waals surface area contributed by atoms with Crippen LogP contribution < -0.4 is 10.0 Å². The van der Waals surface area contributed by atoms with Crippen molar-refractivity contribution in [2.75, 3.05) is 13.1 Å². The molecule has 0 unspecified atom stereocenters. The Morgan fingerprint density at radius 3 is 2.71 bits per heavy atom. The van der Waals surface area contributed by atoms with Crippen LogP contribution in [0.25, 0.3) is 0 Å². The van der Waals surface area contributed by atoms with E-state index in [0.717, 1.165) is 0 Å². The number of nitrogens with one attached hydrogen (secondary N) is 3. The van der Waals surface area contributed by atoms with Crippen molar-refractivity contribution in [2.45, 2.75) is 17.9 Å². The maximum absolute atomic E-state index is 11.7. The summed E-state index contributed by atoms with van der Waals surface area (Å²) in [7, 11) is -3.39. The van der Waals surface area contributed by atoms with Gasteiger partial charge in [0.1, 0.15) is 4.90 Å². The summed E-state index contributed by atoms with van der Waals surface area (Å²) in [4.78, 5) is 0.226. The fraction of sp³-hybridized carbons (Fsp3) is 0.571. The second-order valence-corrected chi connectivity index (χ2v) is 5.02. The fourth-order valence-corrected chi connectivity index (χ4v) is 2.64. The number of rotatable bonds is 3. The molecule has 0 aromatic carbocycles. The number of hydrogen-bond donors (Lipinski definition) is 3. The first kappa shape index (κ1) is 9.63. The Bertz CT molecular complexity index is 421. The lowest BCUT2D eigenvalue weighted by Gasteiger charge is -2.27. The molecule has 78 valence electrons. The van der Waals surface area contributed by atoms with Gasteiger partial charge in [0.2, 0.25) is 10.0 Å². The third-order valence-corrected chi connectivity index (χ3v) is 3.81. The summed E-state index contributed by atoms with van der Waals surface area (Å²) in [5.41, 5.74) is 0.560. The molecule has 1 aromatic heterocycles. The van der Waals surface area contributed by atoms with E-state index in [1.54, 1.807) is 6.92 Å². The molecule has 14 heavy (non-hydrogen) atoms. The number of aryl methyl sites for hydroxylation is 1. The Kier molecular flexibility index (Phi) is 2.30. The van der Waals surface area contributed by atoms with Crippen LogP contribution in [-0.4, -0.2) is 37.7 Å². The maximum atomic E-state index is 11.7. The van der Waals surface area contributed by atoms with Crippen LogP contribution in [0.1, 0.15) is 5.69 Å². The van der Waals surface area contributed by atoms with Crippen molar-refractivity contribution >= 4 is 10.0 Å². The first-order valence-electron chi connectivity index (χ1n) is 4.32. The normalized spacial score (nSPS) is 18.1. The van der Waals surface area contributed by atoms with Crippen LogP contribution in [-0.2, 0) is 10.0 Å². The van der Waals surface area contributed by atoms with Gasteiger partial charge in [-0.15, -0.1) is 0 Å². The molecule has 1 saturated heterocycles. The standard InChI is InChI=1S/C7H12N4O2S/c1-5-7(4-9-10-5)14(12,13)11-6-2-8-3-6/h4,6,8,11H,2-3H2,1H3,(H,9,10). The minimum Gasteiger partial charge on any atom is -0.313 e. The van der Waals surface area contributed by atoms with Crippen molar-refractivity contribution in [2.24, 2.45) is 0 Å². The number of H-pyrrole nitrogens is 1. The zero-order valence-corrected chi connectivity index (χ0v) is 8.56. The third-order valence-electron chi connectivity index (χ3n) is 2.18. The van der Waals surface area contributed by atoms with E-state index in [1.165, 1.54) is 6.20 Å². The molecule has 7 heteroatoms. The van der Waals surface area contributed by atoms with Gasteiger partial charge < -0.3 is 5.32 Å². The van der Waals surface area contributed by atoms with Crippen LogP contribution in [0.4, 0.5) is 0 Å². The predicted molar refractivity (Wildman–Crippen MR) is 50.3 cm³/mol. The van der Waals surface area contributed by atoms with Crippen LogP contribution in [0, 0.1) is 6.92 Å². The molecule has 1 aliphatic rings. The number of sulfonamides is 1. The minimum absolute atomic E-state index is 0.00861. The lowest BCUT2D eigenvalue weighted by atomic mass is 10.2. The monoisotopic (exact) mass is 216 g/mol. The highest BCUT2D eigenvalue weighted by Crippen LogP contribution is 2.11. The Balaban J connectivity index is 2.19. The van der Waals surface area contributed by atoms with Gasteiger partial charge in [-0.25, -0.2) is 13.1 Å². The van der Waals surface area contributed by atoms with Gasteiger partial charge >= 0.3 is 0 Å². The smallest absolute Gasteiger partial charge is 0.244 e. The molecular weight excluding hydrogens is 204 g/mol. The van der Waals surface area contributed by atoms with Crippen molar-refractivity contribution in [3.63, 3.8) is 0 Å². The molecule has 3 N–H and O–H groups in total. The van der Waals surface area contributed by atoms with E-state index < -0.39 is 10.0 Å². The van der Waals surface area contributed by atoms with E-state index in [-0.39, 0.29) is 10.9 Å². The van der Waals surface area contributed by atoms with Gasteiger partial charge in [0.25, 0.3) is 0 Å². The summed E-state index contributed by atoms with van der Waals surface area (Å²) in [5, 5.41) is 9.27. The molecule has 1 aromatic rings. The molecule has 1 aliphatic heterocycles. The Hall–Kier alpha value is -0.920. The molecule has 0 bridgehead atoms. The number of nitrogens with zero attached hydrogens (tertiary/aromatic N) is 1. The molecule has 0 aliphatic carbocycles. The molecule has 2 heterocycles. The van der Waals surface area contributed by atoms with Gasteiger partial charge in [-0.2, -0.15) is 5.10 Å². The van der Waals surface area contributed by atoms with Crippen LogP contribution in [0.15, 0.2) is 11.1 Å². The SMILES string of the molecule is Cc1[nH]ncc1S(=O)(=O)NC1CNC1. The van der Waals surface area contributed by atoms with Gasteiger partial charge in [-0.05, 0) is 6.92 Å². The van der Waals surface area contributed by atoms with Crippen LogP contribution in [0.2, 0.25) is 0 Å². The Morgan fingerprint density at radius 1 is 1.57 bits per heavy atom. The molecule has 0 atom stereocenters. The van der Waals surface area contributed by atoms with E-state index in [9.17, 15) is 8.42 Å². The molecule has 6 nitrogen and oxygen atoms in total. The van der Waals surface area contributed by atoms with Gasteiger partial charge in [-0.1, -0.05) is 0 Å². The predicted octanol–water partition coefficient (Wildman–Crippen LogP) is -1.03. The second kappa shape index (κ2) is 3.34. The van der Waals surface area contributed by atoms with Crippen molar-refractivity contribution < 1.29 is 8.42 Å². The summed E-state index contributed by atoms with van der Waals surface area (Å²) in [6, 6.07) is 0.00861. The number of hydrogen-bond acceptors (Lipinski definition) is 4. The molecule has 0 spiro atoms. The lowest BCUT2D eigenvalue weighted by Crippen LogP contribution is -2.56. The van der Waals surface area contributed by atoms with Crippen molar-refractivity contribution in [1.29, 1.82) is 0 Å². The zero-order chi connectivity index (χ0) is 10.2. The highest BCUT2D eigenvalue weighted by Gasteiger charge is 2.26. The molecule has 0 saturated carbocycles. The van der Waals surface area contributed by atoms with E-state index in [4.69, 9.17) is 0 Å². The maximum Gasteiger partial charge on any atom is 0.244 e. The van der Waals surface area contributed by atoms with E-state index in [0.29, 0.717) is 18.8 Å². The number of aromatic amines is 1. The van der Waals surface area contributed by atoms with Gasteiger partial charge in [0.05, 0.1) is 11.9 Å². The van der Waals surface area contributed by atoms with Gasteiger partial charge in [0, 0.05) is 19.1 Å². The average Bonchev–Trinajstić information content (AvgIpc) is 2.45. The quantitative estimate of drug-likeness (QED) is 0.603. The Labute approximate surface area is 82.1 Å². The molecular formula is C7H12N4O2S. The summed E-state index contributed by atoms with van der Waals surface area (Å²) in [6.45, 7) is 3.06. The largest absolute Gasteiger partial charge is 0.313 e. The lowest BCUT2D eigenvalue weighted by molar-refractivity contribution is 0.410. The van der Waals surface area contributed by atoms with Crippen molar-refractivity contribution in [3.8, 4) is 0 Å². The highest BCUT2D eigenvalue weighted by molar-refractivity contribution is 7.89. The van der Waals surface area contributed by atoms with E-state index >= 15 is 0 Å². The van der Waals surface area contributed by atoms with Crippen molar-refractivity contribution in [1.82, 2.24) is 20.2 Å². The second-order valence-electron chi connectivity index (χ2n) is 3.34. The van der Waals surface area contributed by atoms with Crippen LogP contribution >= 0.6 is 0 Å². The van der Waals surface area contributed by atoms with Gasteiger partial charge in [0.15, 0.2) is 0 Å². The molecule has 2 rings (SSSR count). The summed E-state index contributed by atoms with van der Waals surface area (Å²) in [5.74, 6) is 0. The topological polar surface area (TPSA) is 86.9 Å². The summed E-state index contributed by atoms with van der Waals surface area (Å²) in [6.07, 6.45) is 1.32. The molecule has 0 radical (unpaired) electrons. The molecule has 1 fully saturated rings. The first-order chi connectivity index (χ1) is 6.59. The van der Waals surface area contributed by atoms with E-state index in [1.807, 2.05) is 0 Å². The number of aromatic nitrogens is 2. The van der Waals surface area contributed by atoms with Crippen LogP contribution in [0.3, 0.4) is 0 Å². The minimum atomic E-state index is -3.39. The third kappa shape index (κ3) is 1.66. The average molecular weight is 216 g/mol. The summed E-state index contributed by atoms with van der Waals surface area (Å²) >= 11 is 0. The van der Waals surface area contributed by atoms with Crippen molar-refractivity contribution in [3.05, 3.63) is 11.9 Å². The highest BCUT2D eigenvalue weighted by atomic mass is 32.2. The molecule has 0 amide bonds. The Morgan fingerprint density at radius 2 is 2.29 bits per heavy atom. The fourth-order valence-electron chi connectivity index (χ4n) is 1.27.